The zero-order valence-electron chi connectivity index (χ0n) is 13.0. The highest BCUT2D eigenvalue weighted by molar-refractivity contribution is 7.80. The number of hydrogen-bond acceptors (Lipinski definition) is 3. The Morgan fingerprint density at radius 2 is 1.22 bits per heavy atom. The molecule has 0 unspecified atom stereocenters. The molecule has 142 valence electrons. The summed E-state index contributed by atoms with van der Waals surface area (Å²) >= 11 is 18.3. The van der Waals surface area contributed by atoms with Gasteiger partial charge in [0.2, 0.25) is 0 Å². The number of aliphatic hydroxyl groups is 1. The second-order valence-electron chi connectivity index (χ2n) is 2.46. The van der Waals surface area contributed by atoms with Crippen molar-refractivity contribution in [2.45, 2.75) is 20.8 Å². The van der Waals surface area contributed by atoms with Gasteiger partial charge in [0.15, 0.2) is 0 Å². The number of hydrogen-bond donors (Lipinski definition) is 3. The molecule has 0 aromatic rings. The van der Waals surface area contributed by atoms with Gasteiger partial charge in [-0.1, -0.05) is 47.5 Å². The summed E-state index contributed by atoms with van der Waals surface area (Å²) < 4.78 is 4.70. The summed E-state index contributed by atoms with van der Waals surface area (Å²) in [4.78, 5) is 0. The number of ether oxygens (including phenoxy) is 1. The number of rotatable bonds is 2. The van der Waals surface area contributed by atoms with Gasteiger partial charge < -0.3 is 21.3 Å². The highest BCUT2D eigenvalue weighted by atomic mass is 35.5. The predicted octanol–water partition coefficient (Wildman–Crippen LogP) is 4.59. The number of aliphatic hydroxyl groups excluding tert-OH is 1. The van der Waals surface area contributed by atoms with E-state index in [1.165, 1.54) is 11.1 Å². The van der Waals surface area contributed by atoms with E-state index >= 15 is 0 Å². The van der Waals surface area contributed by atoms with Crippen LogP contribution in [0.1, 0.15) is 20.8 Å². The maximum Gasteiger partial charge on any atom is 0.254 e. The van der Waals surface area contributed by atoms with Crippen molar-refractivity contribution in [1.82, 2.24) is 0 Å². The molecule has 0 rings (SSSR count). The predicted molar refractivity (Wildman–Crippen MR) is 106 cm³/mol. The first-order valence-corrected chi connectivity index (χ1v) is 6.97. The molecule has 0 saturated carbocycles. The van der Waals surface area contributed by atoms with Crippen LogP contribution < -0.4 is 11.5 Å². The standard InChI is InChI=1S/C5H9NOS.2C3H5Cl.CH3NOS.3FH/c1-2-3-4-7-5(6)8;2*1-2-3-4;2-1(3)4;;;/h2-3H,4H2,1H3,(H2,6,8);2*2-3H,1H3;(H3,2,3,4);3*1H. The Morgan fingerprint density at radius 3 is 1.35 bits per heavy atom. The Labute approximate surface area is 156 Å². The fraction of sp³-hybridized carbons (Fsp3) is 0.333. The van der Waals surface area contributed by atoms with Crippen LogP contribution in [0.5, 0.6) is 0 Å². The van der Waals surface area contributed by atoms with Crippen LogP contribution in [0.15, 0.2) is 35.4 Å². The van der Waals surface area contributed by atoms with Crippen LogP contribution in [0.2, 0.25) is 0 Å². The SMILES string of the molecule is CC=CCOC(N)=S.CC=CCl.CC=CCl.F.F.F.NC(O)=S. The Balaban J connectivity index is -0.0000000301. The molecule has 0 amide bonds. The fourth-order valence-electron chi connectivity index (χ4n) is 0.226. The molecule has 0 aliphatic carbocycles. The Bertz CT molecular complexity index is 288. The van der Waals surface area contributed by atoms with E-state index in [9.17, 15) is 0 Å². The van der Waals surface area contributed by atoms with Crippen LogP contribution in [-0.4, -0.2) is 22.1 Å². The molecule has 0 fully saturated rings. The van der Waals surface area contributed by atoms with E-state index in [4.69, 9.17) is 38.8 Å². The maximum absolute atomic E-state index is 7.56. The Kier molecular flexibility index (Phi) is 93.2. The normalized spacial score (nSPS) is 7.70. The van der Waals surface area contributed by atoms with Crippen LogP contribution in [0, 0.1) is 0 Å². The van der Waals surface area contributed by atoms with Gasteiger partial charge in [-0.25, -0.2) is 0 Å². The summed E-state index contributed by atoms with van der Waals surface area (Å²) in [6, 6.07) is 0. The molecule has 0 aromatic carbocycles. The van der Waals surface area contributed by atoms with Crippen molar-refractivity contribution >= 4 is 58.0 Å². The smallest absolute Gasteiger partial charge is 0.254 e. The van der Waals surface area contributed by atoms with Gasteiger partial charge in [0, 0.05) is 0 Å². The first kappa shape index (κ1) is 43.1. The average molecular weight is 421 g/mol. The molecule has 5 N–H and O–H groups in total. The van der Waals surface area contributed by atoms with E-state index in [-0.39, 0.29) is 19.3 Å². The van der Waals surface area contributed by atoms with Gasteiger partial charge in [-0.15, -0.1) is 0 Å². The van der Waals surface area contributed by atoms with E-state index in [0.717, 1.165) is 0 Å². The van der Waals surface area contributed by atoms with Gasteiger partial charge in [0.25, 0.3) is 10.3 Å². The van der Waals surface area contributed by atoms with Crippen LogP contribution in [0.3, 0.4) is 0 Å². The lowest BCUT2D eigenvalue weighted by molar-refractivity contribution is 0.354. The molecule has 0 atom stereocenters. The molecule has 0 heterocycles. The lowest BCUT2D eigenvalue weighted by Gasteiger charge is -1.95. The van der Waals surface area contributed by atoms with Crippen molar-refractivity contribution < 1.29 is 24.0 Å². The Morgan fingerprint density at radius 1 is 0.957 bits per heavy atom. The largest absolute Gasteiger partial charge is 0.487 e. The van der Waals surface area contributed by atoms with Crippen LogP contribution in [-0.2, 0) is 4.74 Å². The van der Waals surface area contributed by atoms with Gasteiger partial charge in [0.1, 0.15) is 6.61 Å². The van der Waals surface area contributed by atoms with Crippen molar-refractivity contribution in [3.05, 3.63) is 35.4 Å². The molecular formula is C12H25Cl2F3N2O2S2. The third-order valence-corrected chi connectivity index (χ3v) is 1.43. The molecular weight excluding hydrogens is 396 g/mol. The monoisotopic (exact) mass is 420 g/mol. The van der Waals surface area contributed by atoms with E-state index < -0.39 is 5.17 Å². The number of halogens is 5. The highest BCUT2D eigenvalue weighted by Crippen LogP contribution is 1.75. The summed E-state index contributed by atoms with van der Waals surface area (Å²) in [7, 11) is 0. The van der Waals surface area contributed by atoms with Crippen molar-refractivity contribution in [2.75, 3.05) is 6.61 Å². The molecule has 0 aliphatic heterocycles. The third kappa shape index (κ3) is 212. The van der Waals surface area contributed by atoms with Crippen molar-refractivity contribution in [2.24, 2.45) is 11.5 Å². The molecule has 0 bridgehead atoms. The first-order chi connectivity index (χ1) is 9.33. The Hall–Kier alpha value is -1.03. The van der Waals surface area contributed by atoms with Crippen molar-refractivity contribution in [3.8, 4) is 0 Å². The molecule has 0 radical (unpaired) electrons. The zero-order chi connectivity index (χ0) is 16.8. The van der Waals surface area contributed by atoms with E-state index in [1.54, 1.807) is 12.2 Å². The van der Waals surface area contributed by atoms with E-state index in [1.807, 2.05) is 32.9 Å². The maximum atomic E-state index is 7.56. The lowest BCUT2D eigenvalue weighted by Crippen LogP contribution is -2.12. The summed E-state index contributed by atoms with van der Waals surface area (Å²) in [5.74, 6) is 0. The molecule has 23 heavy (non-hydrogen) atoms. The molecule has 0 aliphatic rings. The summed E-state index contributed by atoms with van der Waals surface area (Å²) in [6.07, 6.45) is 7.24. The van der Waals surface area contributed by atoms with Crippen LogP contribution in [0.4, 0.5) is 14.1 Å². The molecule has 11 heteroatoms. The quantitative estimate of drug-likeness (QED) is 0.447. The molecule has 0 spiro atoms. The lowest BCUT2D eigenvalue weighted by atomic mass is 10.6. The summed E-state index contributed by atoms with van der Waals surface area (Å²) in [6.45, 7) is 6.12. The number of allylic oxidation sites excluding steroid dienone is 3. The van der Waals surface area contributed by atoms with E-state index in [2.05, 4.69) is 30.2 Å². The van der Waals surface area contributed by atoms with Gasteiger partial charge in [-0.2, -0.15) is 0 Å². The average Bonchev–Trinajstić information content (AvgIpc) is 2.38. The first-order valence-electron chi connectivity index (χ1n) is 5.28. The second-order valence-corrected chi connectivity index (χ2v) is 3.78. The van der Waals surface area contributed by atoms with Gasteiger partial charge in [0.05, 0.1) is 0 Å². The van der Waals surface area contributed by atoms with Crippen molar-refractivity contribution in [3.63, 3.8) is 0 Å². The van der Waals surface area contributed by atoms with Gasteiger partial charge >= 0.3 is 0 Å². The minimum atomic E-state index is -0.500. The van der Waals surface area contributed by atoms with Crippen LogP contribution in [0.25, 0.3) is 0 Å². The van der Waals surface area contributed by atoms with Crippen LogP contribution >= 0.6 is 47.6 Å². The topological polar surface area (TPSA) is 81.5 Å². The van der Waals surface area contributed by atoms with Gasteiger partial charge in [-0.05, 0) is 56.3 Å². The zero-order valence-corrected chi connectivity index (χ0v) is 16.1. The van der Waals surface area contributed by atoms with Gasteiger partial charge in [-0.3, -0.25) is 14.1 Å². The number of thiocarbonyl (C=S) groups is 2. The second kappa shape index (κ2) is 49.7. The molecule has 0 saturated heterocycles. The number of nitrogens with two attached hydrogens (primary N) is 2. The summed E-state index contributed by atoms with van der Waals surface area (Å²) in [5.41, 5.74) is 12.4. The fourth-order valence-corrected chi connectivity index (χ4v) is 0.295. The highest BCUT2D eigenvalue weighted by Gasteiger charge is 1.79. The minimum Gasteiger partial charge on any atom is -0.487 e. The third-order valence-electron chi connectivity index (χ3n) is 0.809. The minimum absolute atomic E-state index is 0. The van der Waals surface area contributed by atoms with E-state index in [0.29, 0.717) is 6.61 Å². The summed E-state index contributed by atoms with van der Waals surface area (Å²) in [5, 5.41) is 7.16. The van der Waals surface area contributed by atoms with Crippen molar-refractivity contribution in [1.29, 1.82) is 0 Å². The molecule has 4 nitrogen and oxygen atoms in total. The molecule has 0 aromatic heterocycles.